The Hall–Kier alpha value is -1.56. The van der Waals surface area contributed by atoms with Crippen LogP contribution in [0.2, 0.25) is 0 Å². The van der Waals surface area contributed by atoms with Crippen LogP contribution in [-0.4, -0.2) is 54.3 Å². The summed E-state index contributed by atoms with van der Waals surface area (Å²) in [5, 5.41) is 2.69. The van der Waals surface area contributed by atoms with Crippen LogP contribution in [0, 0.1) is 11.8 Å². The molecule has 0 aromatic rings. The Morgan fingerprint density at radius 1 is 1.43 bits per heavy atom. The van der Waals surface area contributed by atoms with Gasteiger partial charge in [0.2, 0.25) is 5.91 Å². The first kappa shape index (κ1) is 14.4. The van der Waals surface area contributed by atoms with E-state index in [1.165, 1.54) is 0 Å². The van der Waals surface area contributed by atoms with E-state index in [0.29, 0.717) is 19.6 Å². The molecule has 4 atom stereocenters. The smallest absolute Gasteiger partial charge is 0.407 e. The van der Waals surface area contributed by atoms with Gasteiger partial charge in [0.25, 0.3) is 0 Å². The number of rotatable bonds is 3. The van der Waals surface area contributed by atoms with Gasteiger partial charge in [-0.2, -0.15) is 0 Å². The molecule has 6 heteroatoms. The number of ether oxygens (including phenoxy) is 2. The molecule has 3 heterocycles. The summed E-state index contributed by atoms with van der Waals surface area (Å²) in [7, 11) is 0. The second-order valence-electron chi connectivity index (χ2n) is 6.85. The zero-order valence-electron chi connectivity index (χ0n) is 12.7. The Bertz CT molecular complexity index is 483. The predicted octanol–water partition coefficient (Wildman–Crippen LogP) is 0.923. The first-order valence-corrected chi connectivity index (χ1v) is 7.44. The number of hydrogen-bond donors (Lipinski definition) is 1. The van der Waals surface area contributed by atoms with Crippen LogP contribution in [0.1, 0.15) is 20.8 Å². The number of fused-ring (bicyclic) bond motifs is 5. The Morgan fingerprint density at radius 3 is 2.81 bits per heavy atom. The van der Waals surface area contributed by atoms with E-state index < -0.39 is 11.7 Å². The average molecular weight is 294 g/mol. The second kappa shape index (κ2) is 5.02. The number of nitrogens with zero attached hydrogens (tertiary/aromatic N) is 1. The van der Waals surface area contributed by atoms with Gasteiger partial charge in [0.05, 0.1) is 18.1 Å². The lowest BCUT2D eigenvalue weighted by Gasteiger charge is -2.22. The molecular formula is C15H22N2O4. The molecule has 3 aliphatic rings. The molecule has 1 N–H and O–H groups in total. The van der Waals surface area contributed by atoms with Gasteiger partial charge in [-0.15, -0.1) is 0 Å². The summed E-state index contributed by atoms with van der Waals surface area (Å²) in [5.74, 6) is 0.387. The minimum atomic E-state index is -0.507. The van der Waals surface area contributed by atoms with Crippen molar-refractivity contribution in [2.75, 3.05) is 19.6 Å². The van der Waals surface area contributed by atoms with Crippen LogP contribution in [0.25, 0.3) is 0 Å². The van der Waals surface area contributed by atoms with Gasteiger partial charge in [0, 0.05) is 25.6 Å². The Labute approximate surface area is 124 Å². The minimum absolute atomic E-state index is 0.0264. The molecular weight excluding hydrogens is 272 g/mol. The number of nitrogens with one attached hydrogen (secondary N) is 1. The Balaban J connectivity index is 1.46. The number of hydrogen-bond acceptors (Lipinski definition) is 4. The van der Waals surface area contributed by atoms with Gasteiger partial charge >= 0.3 is 6.09 Å². The van der Waals surface area contributed by atoms with Gasteiger partial charge in [-0.3, -0.25) is 4.79 Å². The third-order valence-electron chi connectivity index (χ3n) is 4.12. The fraction of sp³-hybridized carbons (Fsp3) is 0.733. The van der Waals surface area contributed by atoms with E-state index in [-0.39, 0.29) is 30.0 Å². The predicted molar refractivity (Wildman–Crippen MR) is 75.6 cm³/mol. The zero-order valence-corrected chi connectivity index (χ0v) is 12.7. The van der Waals surface area contributed by atoms with E-state index >= 15 is 0 Å². The Morgan fingerprint density at radius 2 is 2.14 bits per heavy atom. The summed E-state index contributed by atoms with van der Waals surface area (Å²) >= 11 is 0. The summed E-state index contributed by atoms with van der Waals surface area (Å²) in [6.07, 6.45) is 3.65. The topological polar surface area (TPSA) is 67.9 Å². The van der Waals surface area contributed by atoms with Crippen molar-refractivity contribution >= 4 is 12.0 Å². The van der Waals surface area contributed by atoms with Crippen LogP contribution in [-0.2, 0) is 14.3 Å². The minimum Gasteiger partial charge on any atom is -0.444 e. The molecule has 0 saturated carbocycles. The van der Waals surface area contributed by atoms with E-state index in [2.05, 4.69) is 11.4 Å². The number of carbonyl (C=O) groups excluding carboxylic acids is 2. The fourth-order valence-electron chi connectivity index (χ4n) is 3.29. The third kappa shape index (κ3) is 2.77. The summed E-state index contributed by atoms with van der Waals surface area (Å²) in [6.45, 7) is 7.10. The van der Waals surface area contributed by atoms with Crippen LogP contribution in [0.15, 0.2) is 12.2 Å². The molecule has 0 aromatic heterocycles. The normalized spacial score (nSPS) is 33.5. The zero-order chi connectivity index (χ0) is 15.2. The largest absolute Gasteiger partial charge is 0.444 e. The van der Waals surface area contributed by atoms with Crippen LogP contribution in [0.5, 0.6) is 0 Å². The first-order chi connectivity index (χ1) is 9.85. The van der Waals surface area contributed by atoms with E-state index in [0.717, 1.165) is 0 Å². The average Bonchev–Trinajstić information content (AvgIpc) is 3.01. The lowest BCUT2D eigenvalue weighted by atomic mass is 9.86. The summed E-state index contributed by atoms with van der Waals surface area (Å²) in [4.78, 5) is 25.7. The van der Waals surface area contributed by atoms with Crippen LogP contribution >= 0.6 is 0 Å². The van der Waals surface area contributed by atoms with Crippen molar-refractivity contribution in [3.8, 4) is 0 Å². The molecule has 0 radical (unpaired) electrons. The van der Waals surface area contributed by atoms with Crippen molar-refractivity contribution in [2.45, 2.75) is 38.6 Å². The maximum atomic E-state index is 12.3. The van der Waals surface area contributed by atoms with Gasteiger partial charge in [-0.25, -0.2) is 4.79 Å². The quantitative estimate of drug-likeness (QED) is 0.786. The molecule has 4 unspecified atom stereocenters. The molecule has 2 bridgehead atoms. The van der Waals surface area contributed by atoms with Gasteiger partial charge in [0.1, 0.15) is 5.60 Å². The van der Waals surface area contributed by atoms with E-state index in [4.69, 9.17) is 9.47 Å². The maximum Gasteiger partial charge on any atom is 0.407 e. The molecule has 2 fully saturated rings. The Kier molecular flexibility index (Phi) is 3.43. The molecule has 2 saturated heterocycles. The molecule has 2 amide bonds. The van der Waals surface area contributed by atoms with E-state index in [9.17, 15) is 9.59 Å². The maximum absolute atomic E-state index is 12.3. The molecule has 3 rings (SSSR count). The van der Waals surface area contributed by atoms with Gasteiger partial charge < -0.3 is 19.7 Å². The monoisotopic (exact) mass is 294 g/mol. The summed E-state index contributed by atoms with van der Waals surface area (Å²) < 4.78 is 10.9. The van der Waals surface area contributed by atoms with Crippen molar-refractivity contribution in [2.24, 2.45) is 11.8 Å². The van der Waals surface area contributed by atoms with Crippen LogP contribution in [0.4, 0.5) is 4.79 Å². The molecule has 3 aliphatic heterocycles. The van der Waals surface area contributed by atoms with E-state index in [1.54, 1.807) is 0 Å². The lowest BCUT2D eigenvalue weighted by molar-refractivity contribution is -0.132. The van der Waals surface area contributed by atoms with Crippen molar-refractivity contribution in [1.29, 1.82) is 0 Å². The summed E-state index contributed by atoms with van der Waals surface area (Å²) in [6, 6.07) is 0. The standard InChI is InChI=1S/C15H22N2O4/c1-15(2,3)21-14(19)16-6-7-17-8-9-10-4-5-11(20-10)12(9)13(17)18/h4-5,9-12H,6-8H2,1-3H3,(H,16,19). The molecule has 6 nitrogen and oxygen atoms in total. The van der Waals surface area contributed by atoms with Crippen molar-refractivity contribution in [3.63, 3.8) is 0 Å². The van der Waals surface area contributed by atoms with Crippen molar-refractivity contribution in [1.82, 2.24) is 10.2 Å². The highest BCUT2D eigenvalue weighted by Gasteiger charge is 2.55. The molecule has 21 heavy (non-hydrogen) atoms. The highest BCUT2D eigenvalue weighted by atomic mass is 16.6. The molecule has 116 valence electrons. The SMILES string of the molecule is CC(C)(C)OC(=O)NCCN1CC2C3C=CC(O3)C2C1=O. The number of amides is 2. The van der Waals surface area contributed by atoms with Gasteiger partial charge in [0.15, 0.2) is 0 Å². The summed E-state index contributed by atoms with van der Waals surface area (Å²) in [5.41, 5.74) is -0.507. The number of alkyl carbamates (subject to hydrolysis) is 1. The number of likely N-dealkylation sites (tertiary alicyclic amines) is 1. The molecule has 0 aliphatic carbocycles. The highest BCUT2D eigenvalue weighted by molar-refractivity contribution is 5.83. The highest BCUT2D eigenvalue weighted by Crippen LogP contribution is 2.44. The number of carbonyl (C=O) groups is 2. The molecule has 0 spiro atoms. The van der Waals surface area contributed by atoms with Gasteiger partial charge in [-0.1, -0.05) is 12.2 Å². The van der Waals surface area contributed by atoms with Crippen molar-refractivity contribution in [3.05, 3.63) is 12.2 Å². The third-order valence-corrected chi connectivity index (χ3v) is 4.12. The fourth-order valence-corrected chi connectivity index (χ4v) is 3.29. The molecule has 0 aromatic carbocycles. The first-order valence-electron chi connectivity index (χ1n) is 7.44. The lowest BCUT2D eigenvalue weighted by Crippen LogP contribution is -2.39. The van der Waals surface area contributed by atoms with Crippen LogP contribution < -0.4 is 5.32 Å². The second-order valence-corrected chi connectivity index (χ2v) is 6.85. The van der Waals surface area contributed by atoms with Gasteiger partial charge in [-0.05, 0) is 20.8 Å². The van der Waals surface area contributed by atoms with E-state index in [1.807, 2.05) is 31.7 Å². The van der Waals surface area contributed by atoms with Crippen LogP contribution in [0.3, 0.4) is 0 Å². The van der Waals surface area contributed by atoms with Crippen molar-refractivity contribution < 1.29 is 19.1 Å².